The van der Waals surface area contributed by atoms with Crippen molar-refractivity contribution in [3.63, 3.8) is 0 Å². The minimum absolute atomic E-state index is 0.336. The fourth-order valence-corrected chi connectivity index (χ4v) is 1.18. The van der Waals surface area contributed by atoms with Crippen molar-refractivity contribution < 1.29 is 14.3 Å². The van der Waals surface area contributed by atoms with Gasteiger partial charge in [0.1, 0.15) is 0 Å². The summed E-state index contributed by atoms with van der Waals surface area (Å²) in [5, 5.41) is 0. The zero-order valence-electron chi connectivity index (χ0n) is 7.69. The summed E-state index contributed by atoms with van der Waals surface area (Å²) in [6.45, 7) is 0. The number of hydrogen-bond donors (Lipinski definition) is 1. The van der Waals surface area contributed by atoms with Gasteiger partial charge in [-0.25, -0.2) is 4.79 Å². The van der Waals surface area contributed by atoms with Crippen LogP contribution in [0.1, 0.15) is 15.9 Å². The average molecular weight is 210 g/mol. The number of thiol groups is 1. The van der Waals surface area contributed by atoms with Gasteiger partial charge in [-0.05, 0) is 5.56 Å². The van der Waals surface area contributed by atoms with E-state index < -0.39 is 11.8 Å². The highest BCUT2D eigenvalue weighted by Gasteiger charge is 2.15. The van der Waals surface area contributed by atoms with Gasteiger partial charge in [0.2, 0.25) is 0 Å². The van der Waals surface area contributed by atoms with Crippen LogP contribution in [0.5, 0.6) is 0 Å². The van der Waals surface area contributed by atoms with Gasteiger partial charge in [0.05, 0.1) is 7.11 Å². The Morgan fingerprint density at radius 3 is 2.29 bits per heavy atom. The number of ether oxygens (including phenoxy) is 1. The minimum atomic E-state index is -0.844. The van der Waals surface area contributed by atoms with E-state index in [1.165, 1.54) is 7.11 Å². The van der Waals surface area contributed by atoms with Crippen LogP contribution in [0.25, 0.3) is 0 Å². The summed E-state index contributed by atoms with van der Waals surface area (Å²) in [6.07, 6.45) is 0. The largest absolute Gasteiger partial charge is 0.463 e. The second kappa shape index (κ2) is 4.81. The molecule has 0 amide bonds. The van der Waals surface area contributed by atoms with Crippen LogP contribution in [-0.4, -0.2) is 18.9 Å². The third-order valence-electron chi connectivity index (χ3n) is 1.77. The Labute approximate surface area is 87.5 Å². The lowest BCUT2D eigenvalue weighted by Crippen LogP contribution is -2.15. The molecular formula is C10H10O3S. The minimum Gasteiger partial charge on any atom is -0.463 e. The van der Waals surface area contributed by atoms with E-state index >= 15 is 0 Å². The standard InChI is InChI=1S/C10H10O3S/c1-13-10(12)9(11)8-4-2-7(6-14)3-5-8/h2-5,14H,6H2,1H3. The molecule has 0 atom stereocenters. The fourth-order valence-electron chi connectivity index (χ4n) is 0.972. The maximum absolute atomic E-state index is 11.3. The number of ketones is 1. The number of hydrogen-bond acceptors (Lipinski definition) is 4. The van der Waals surface area contributed by atoms with Crippen LogP contribution in [0.4, 0.5) is 0 Å². The molecule has 0 unspecified atom stereocenters. The summed E-state index contributed by atoms with van der Waals surface area (Å²) in [4.78, 5) is 22.2. The fraction of sp³-hybridized carbons (Fsp3) is 0.200. The quantitative estimate of drug-likeness (QED) is 0.355. The smallest absolute Gasteiger partial charge is 0.379 e. The van der Waals surface area contributed by atoms with Gasteiger partial charge in [0.15, 0.2) is 0 Å². The molecule has 0 aliphatic heterocycles. The predicted octanol–water partition coefficient (Wildman–Crippen LogP) is 1.47. The molecule has 0 radical (unpaired) electrons. The van der Waals surface area contributed by atoms with Crippen molar-refractivity contribution in [2.24, 2.45) is 0 Å². The van der Waals surface area contributed by atoms with Crippen LogP contribution in [0, 0.1) is 0 Å². The molecule has 0 fully saturated rings. The maximum Gasteiger partial charge on any atom is 0.379 e. The molecule has 0 saturated heterocycles. The van der Waals surface area contributed by atoms with Gasteiger partial charge < -0.3 is 4.74 Å². The average Bonchev–Trinajstić information content (AvgIpc) is 2.27. The first-order valence-corrected chi connectivity index (χ1v) is 4.64. The monoisotopic (exact) mass is 210 g/mol. The van der Waals surface area contributed by atoms with Crippen LogP contribution in [0.15, 0.2) is 24.3 Å². The van der Waals surface area contributed by atoms with E-state index in [0.717, 1.165) is 5.56 Å². The third kappa shape index (κ3) is 2.35. The second-order valence-electron chi connectivity index (χ2n) is 2.68. The van der Waals surface area contributed by atoms with Crippen molar-refractivity contribution in [3.8, 4) is 0 Å². The second-order valence-corrected chi connectivity index (χ2v) is 2.99. The van der Waals surface area contributed by atoms with Gasteiger partial charge in [0.25, 0.3) is 5.78 Å². The molecule has 0 N–H and O–H groups in total. The van der Waals surface area contributed by atoms with Gasteiger partial charge in [-0.15, -0.1) is 0 Å². The zero-order chi connectivity index (χ0) is 10.6. The number of Topliss-reactive ketones (excluding diaryl/α,β-unsaturated/α-hetero) is 1. The number of carbonyl (C=O) groups excluding carboxylic acids is 2. The maximum atomic E-state index is 11.3. The van der Waals surface area contributed by atoms with Crippen molar-refractivity contribution in [2.75, 3.05) is 7.11 Å². The molecule has 0 spiro atoms. The lowest BCUT2D eigenvalue weighted by molar-refractivity contribution is -0.135. The highest BCUT2D eigenvalue weighted by Crippen LogP contribution is 2.07. The molecule has 3 nitrogen and oxygen atoms in total. The van der Waals surface area contributed by atoms with E-state index in [0.29, 0.717) is 11.3 Å². The Kier molecular flexibility index (Phi) is 3.71. The van der Waals surface area contributed by atoms with E-state index in [2.05, 4.69) is 17.4 Å². The van der Waals surface area contributed by atoms with E-state index in [9.17, 15) is 9.59 Å². The van der Waals surface area contributed by atoms with E-state index in [-0.39, 0.29) is 0 Å². The molecular weight excluding hydrogens is 200 g/mol. The lowest BCUT2D eigenvalue weighted by atomic mass is 10.1. The van der Waals surface area contributed by atoms with E-state index in [1.54, 1.807) is 24.3 Å². The number of methoxy groups -OCH3 is 1. The topological polar surface area (TPSA) is 43.4 Å². The summed E-state index contributed by atoms with van der Waals surface area (Å²) in [5.41, 5.74) is 1.33. The molecule has 74 valence electrons. The number of rotatable bonds is 3. The zero-order valence-corrected chi connectivity index (χ0v) is 8.58. The highest BCUT2D eigenvalue weighted by molar-refractivity contribution is 7.79. The molecule has 0 heterocycles. The molecule has 4 heteroatoms. The van der Waals surface area contributed by atoms with Crippen molar-refractivity contribution in [3.05, 3.63) is 35.4 Å². The molecule has 0 bridgehead atoms. The van der Waals surface area contributed by atoms with Gasteiger partial charge in [-0.1, -0.05) is 24.3 Å². The molecule has 0 aromatic heterocycles. The lowest BCUT2D eigenvalue weighted by Gasteiger charge is -1.99. The first-order chi connectivity index (χ1) is 6.69. The van der Waals surface area contributed by atoms with Crippen LogP contribution in [0.2, 0.25) is 0 Å². The summed E-state index contributed by atoms with van der Waals surface area (Å²) in [6, 6.07) is 6.68. The van der Waals surface area contributed by atoms with Crippen LogP contribution in [0.3, 0.4) is 0 Å². The molecule has 0 saturated carbocycles. The molecule has 1 aromatic carbocycles. The summed E-state index contributed by atoms with van der Waals surface area (Å²) >= 11 is 4.08. The molecule has 14 heavy (non-hydrogen) atoms. The molecule has 1 aromatic rings. The first kappa shape index (κ1) is 10.8. The Morgan fingerprint density at radius 2 is 1.86 bits per heavy atom. The van der Waals surface area contributed by atoms with Crippen molar-refractivity contribution >= 4 is 24.4 Å². The predicted molar refractivity (Wildman–Crippen MR) is 55.5 cm³/mol. The summed E-state index contributed by atoms with van der Waals surface area (Å²) in [7, 11) is 1.18. The van der Waals surface area contributed by atoms with Gasteiger partial charge in [0, 0.05) is 11.3 Å². The van der Waals surface area contributed by atoms with Crippen LogP contribution in [-0.2, 0) is 15.3 Å². The Morgan fingerprint density at radius 1 is 1.29 bits per heavy atom. The number of esters is 1. The van der Waals surface area contributed by atoms with E-state index in [1.807, 2.05) is 0 Å². The Hall–Kier alpha value is -1.29. The third-order valence-corrected chi connectivity index (χ3v) is 2.13. The van der Waals surface area contributed by atoms with Crippen LogP contribution >= 0.6 is 12.6 Å². The SMILES string of the molecule is COC(=O)C(=O)c1ccc(CS)cc1. The van der Waals surface area contributed by atoms with Crippen molar-refractivity contribution in [2.45, 2.75) is 5.75 Å². The molecule has 0 aliphatic carbocycles. The highest BCUT2D eigenvalue weighted by atomic mass is 32.1. The van der Waals surface area contributed by atoms with E-state index in [4.69, 9.17) is 0 Å². The van der Waals surface area contributed by atoms with Crippen LogP contribution < -0.4 is 0 Å². The van der Waals surface area contributed by atoms with Crippen molar-refractivity contribution in [1.82, 2.24) is 0 Å². The number of carbonyl (C=O) groups is 2. The summed E-state index contributed by atoms with van der Waals surface area (Å²) in [5.74, 6) is -0.867. The van der Waals surface area contributed by atoms with Crippen molar-refractivity contribution in [1.29, 1.82) is 0 Å². The molecule has 1 rings (SSSR count). The normalized spacial score (nSPS) is 9.57. The summed E-state index contributed by atoms with van der Waals surface area (Å²) < 4.78 is 4.32. The molecule has 0 aliphatic rings. The Balaban J connectivity index is 2.87. The van der Waals surface area contributed by atoms with Gasteiger partial charge in [-0.3, -0.25) is 4.79 Å². The number of benzene rings is 1. The Bertz CT molecular complexity index is 343. The first-order valence-electron chi connectivity index (χ1n) is 4.01. The van der Waals surface area contributed by atoms with Gasteiger partial charge >= 0.3 is 5.97 Å². The van der Waals surface area contributed by atoms with Gasteiger partial charge in [-0.2, -0.15) is 12.6 Å².